The van der Waals surface area contributed by atoms with Crippen molar-refractivity contribution in [3.05, 3.63) is 52.7 Å². The summed E-state index contributed by atoms with van der Waals surface area (Å²) in [5.41, 5.74) is 3.43. The number of benzene rings is 1. The highest BCUT2D eigenvalue weighted by molar-refractivity contribution is 5.93. The summed E-state index contributed by atoms with van der Waals surface area (Å²) < 4.78 is 7.35. The number of rotatable bonds is 7. The van der Waals surface area contributed by atoms with E-state index in [1.807, 2.05) is 67.5 Å². The lowest BCUT2D eigenvalue weighted by molar-refractivity contribution is -0.117. The Kier molecular flexibility index (Phi) is 8.72. The van der Waals surface area contributed by atoms with Crippen molar-refractivity contribution in [3.8, 4) is 6.07 Å². The number of ether oxygens (including phenoxy) is 1. The van der Waals surface area contributed by atoms with E-state index in [2.05, 4.69) is 11.4 Å². The van der Waals surface area contributed by atoms with Crippen LogP contribution in [0.4, 0.5) is 10.6 Å². The van der Waals surface area contributed by atoms with Crippen molar-refractivity contribution in [1.29, 1.82) is 5.26 Å². The Labute approximate surface area is 202 Å². The highest BCUT2D eigenvalue weighted by Crippen LogP contribution is 2.27. The van der Waals surface area contributed by atoms with Crippen molar-refractivity contribution in [3.63, 3.8) is 0 Å². The molecule has 2 heterocycles. The summed E-state index contributed by atoms with van der Waals surface area (Å²) >= 11 is 0. The number of carbonyl (C=O) groups is 2. The first kappa shape index (κ1) is 25.3. The molecule has 8 nitrogen and oxygen atoms in total. The summed E-state index contributed by atoms with van der Waals surface area (Å²) in [4.78, 5) is 29.0. The Hall–Kier alpha value is -3.31. The zero-order valence-electron chi connectivity index (χ0n) is 20.6. The van der Waals surface area contributed by atoms with E-state index >= 15 is 0 Å². The van der Waals surface area contributed by atoms with E-state index < -0.39 is 0 Å². The van der Waals surface area contributed by atoms with Crippen molar-refractivity contribution < 1.29 is 14.3 Å². The lowest BCUT2D eigenvalue weighted by Gasteiger charge is -2.22. The van der Waals surface area contributed by atoms with Crippen LogP contribution >= 0.6 is 0 Å². The van der Waals surface area contributed by atoms with Crippen molar-refractivity contribution in [2.75, 3.05) is 44.6 Å². The van der Waals surface area contributed by atoms with Crippen LogP contribution in [0.3, 0.4) is 0 Å². The molecule has 0 unspecified atom stereocenters. The predicted octanol–water partition coefficient (Wildman–Crippen LogP) is 3.76. The van der Waals surface area contributed by atoms with Gasteiger partial charge in [-0.15, -0.1) is 0 Å². The van der Waals surface area contributed by atoms with Gasteiger partial charge in [-0.1, -0.05) is 44.2 Å². The number of anilines is 1. The van der Waals surface area contributed by atoms with Gasteiger partial charge in [-0.05, 0) is 37.3 Å². The van der Waals surface area contributed by atoms with E-state index in [9.17, 15) is 14.9 Å². The number of hydrogen-bond donors (Lipinski definition) is 1. The first-order valence-corrected chi connectivity index (χ1v) is 11.9. The third kappa shape index (κ3) is 6.39. The monoisotopic (exact) mass is 465 g/mol. The maximum Gasteiger partial charge on any atom is 0.409 e. The molecule has 0 radical (unpaired) electrons. The van der Waals surface area contributed by atoms with Gasteiger partial charge >= 0.3 is 6.09 Å². The molecule has 1 aromatic carbocycles. The number of carbonyl (C=O) groups excluding carboxylic acids is 2. The smallest absolute Gasteiger partial charge is 0.409 e. The highest BCUT2D eigenvalue weighted by atomic mass is 16.6. The van der Waals surface area contributed by atoms with Gasteiger partial charge in [0.25, 0.3) is 0 Å². The molecule has 2 amide bonds. The van der Waals surface area contributed by atoms with E-state index in [4.69, 9.17) is 4.74 Å². The number of amides is 2. The highest BCUT2D eigenvalue weighted by Gasteiger charge is 2.24. The maximum atomic E-state index is 13.0. The molecule has 1 aliphatic rings. The molecule has 0 bridgehead atoms. The number of aromatic nitrogens is 1. The van der Waals surface area contributed by atoms with Gasteiger partial charge in [0.2, 0.25) is 5.91 Å². The largest absolute Gasteiger partial charge is 0.449 e. The third-order valence-electron chi connectivity index (χ3n) is 6.14. The standard InChI is InChI=1S/C26H35N5O3/c1-19(2)18-34-26(33)30-12-8-11-29(13-14-30)17-24(32)28-25-23(15-27)20(3)21(4)31(25)16-22-9-6-5-7-10-22/h5-7,9-10,19H,8,11-14,16-18H2,1-4H3,(H,28,32). The average Bonchev–Trinajstić information content (AvgIpc) is 2.96. The van der Waals surface area contributed by atoms with Crippen molar-refractivity contribution >= 4 is 17.8 Å². The Balaban J connectivity index is 1.65. The fourth-order valence-corrected chi connectivity index (χ4v) is 4.11. The second-order valence-electron chi connectivity index (χ2n) is 9.25. The zero-order valence-corrected chi connectivity index (χ0v) is 20.6. The summed E-state index contributed by atoms with van der Waals surface area (Å²) in [6.45, 7) is 11.5. The molecule has 0 saturated carbocycles. The molecule has 1 aromatic heterocycles. The first-order chi connectivity index (χ1) is 16.3. The molecule has 0 spiro atoms. The van der Waals surface area contributed by atoms with Crippen LogP contribution in [-0.2, 0) is 16.1 Å². The van der Waals surface area contributed by atoms with Gasteiger partial charge < -0.3 is 19.5 Å². The summed E-state index contributed by atoms with van der Waals surface area (Å²) in [5.74, 6) is 0.668. The summed E-state index contributed by atoms with van der Waals surface area (Å²) in [6, 6.07) is 12.2. The van der Waals surface area contributed by atoms with Gasteiger partial charge in [-0.3, -0.25) is 9.69 Å². The molecule has 1 aliphatic heterocycles. The Morgan fingerprint density at radius 2 is 1.85 bits per heavy atom. The van der Waals surface area contributed by atoms with E-state index in [0.717, 1.165) is 29.8 Å². The minimum Gasteiger partial charge on any atom is -0.449 e. The Morgan fingerprint density at radius 3 is 2.53 bits per heavy atom. The van der Waals surface area contributed by atoms with Crippen LogP contribution in [0.1, 0.15) is 42.7 Å². The molecule has 0 aliphatic carbocycles. The molecule has 1 fully saturated rings. The number of nitriles is 1. The van der Waals surface area contributed by atoms with Crippen LogP contribution in [0.2, 0.25) is 0 Å². The lowest BCUT2D eigenvalue weighted by atomic mass is 10.2. The summed E-state index contributed by atoms with van der Waals surface area (Å²) in [7, 11) is 0. The summed E-state index contributed by atoms with van der Waals surface area (Å²) in [6.07, 6.45) is 0.485. The lowest BCUT2D eigenvalue weighted by Crippen LogP contribution is -2.38. The SMILES string of the molecule is Cc1c(C#N)c(NC(=O)CN2CCCN(C(=O)OCC(C)C)CC2)n(Cc2ccccc2)c1C. The average molecular weight is 466 g/mol. The predicted molar refractivity (Wildman–Crippen MR) is 132 cm³/mol. The molecule has 3 rings (SSSR count). The van der Waals surface area contributed by atoms with Gasteiger partial charge in [0.05, 0.1) is 18.7 Å². The summed E-state index contributed by atoms with van der Waals surface area (Å²) in [5, 5.41) is 12.8. The van der Waals surface area contributed by atoms with E-state index in [-0.39, 0.29) is 18.5 Å². The Bertz CT molecular complexity index is 1040. The molecular weight excluding hydrogens is 430 g/mol. The van der Waals surface area contributed by atoms with Gasteiger partial charge in [0.15, 0.2) is 0 Å². The molecular formula is C26H35N5O3. The van der Waals surface area contributed by atoms with E-state index in [1.165, 1.54) is 0 Å². The van der Waals surface area contributed by atoms with Crippen LogP contribution in [0.15, 0.2) is 30.3 Å². The molecule has 1 saturated heterocycles. The molecule has 182 valence electrons. The van der Waals surface area contributed by atoms with Crippen molar-refractivity contribution in [1.82, 2.24) is 14.4 Å². The number of nitrogens with one attached hydrogen (secondary N) is 1. The number of hydrogen-bond acceptors (Lipinski definition) is 5. The van der Waals surface area contributed by atoms with Crippen molar-refractivity contribution in [2.45, 2.75) is 40.7 Å². The first-order valence-electron chi connectivity index (χ1n) is 11.9. The topological polar surface area (TPSA) is 90.6 Å². The molecule has 2 aromatic rings. The third-order valence-corrected chi connectivity index (χ3v) is 6.14. The van der Waals surface area contributed by atoms with Crippen LogP contribution in [0, 0.1) is 31.1 Å². The molecule has 8 heteroatoms. The second kappa shape index (κ2) is 11.7. The number of nitrogens with zero attached hydrogens (tertiary/aromatic N) is 4. The van der Waals surface area contributed by atoms with E-state index in [0.29, 0.717) is 50.1 Å². The quantitative estimate of drug-likeness (QED) is 0.672. The van der Waals surface area contributed by atoms with E-state index in [1.54, 1.807) is 4.90 Å². The minimum absolute atomic E-state index is 0.167. The van der Waals surface area contributed by atoms with Gasteiger partial charge in [-0.25, -0.2) is 4.79 Å². The molecule has 0 atom stereocenters. The van der Waals surface area contributed by atoms with Crippen LogP contribution in [0.25, 0.3) is 0 Å². The van der Waals surface area contributed by atoms with Crippen molar-refractivity contribution in [2.24, 2.45) is 5.92 Å². The normalized spacial score (nSPS) is 14.5. The van der Waals surface area contributed by atoms with Gasteiger partial charge in [-0.2, -0.15) is 5.26 Å². The zero-order chi connectivity index (χ0) is 24.7. The van der Waals surface area contributed by atoms with Crippen LogP contribution in [0.5, 0.6) is 0 Å². The second-order valence-corrected chi connectivity index (χ2v) is 9.25. The van der Waals surface area contributed by atoms with Crippen LogP contribution < -0.4 is 5.32 Å². The van der Waals surface area contributed by atoms with Gasteiger partial charge in [0.1, 0.15) is 11.9 Å². The molecule has 34 heavy (non-hydrogen) atoms. The minimum atomic E-state index is -0.289. The maximum absolute atomic E-state index is 13.0. The fraction of sp³-hybridized carbons (Fsp3) is 0.500. The molecule has 1 N–H and O–H groups in total. The van der Waals surface area contributed by atoms with Gasteiger partial charge in [0, 0.05) is 38.4 Å². The fourth-order valence-electron chi connectivity index (χ4n) is 4.11. The Morgan fingerprint density at radius 1 is 1.12 bits per heavy atom. The van der Waals surface area contributed by atoms with Crippen LogP contribution in [-0.4, -0.2) is 65.7 Å².